The van der Waals surface area contributed by atoms with E-state index in [-0.39, 0.29) is 12.0 Å². The van der Waals surface area contributed by atoms with E-state index in [0.29, 0.717) is 0 Å². The molecule has 0 aliphatic heterocycles. The predicted molar refractivity (Wildman–Crippen MR) is 72.3 cm³/mol. The van der Waals surface area contributed by atoms with Gasteiger partial charge in [-0.15, -0.1) is 0 Å². The summed E-state index contributed by atoms with van der Waals surface area (Å²) in [5.41, 5.74) is -2.55. The summed E-state index contributed by atoms with van der Waals surface area (Å²) in [5, 5.41) is 0. The summed E-state index contributed by atoms with van der Waals surface area (Å²) in [6.45, 7) is 7.06. The van der Waals surface area contributed by atoms with Crippen LogP contribution in [0.1, 0.15) is 27.2 Å². The van der Waals surface area contributed by atoms with Crippen molar-refractivity contribution >= 4 is 21.2 Å². The molecule has 0 spiro atoms. The van der Waals surface area contributed by atoms with Crippen LogP contribution in [0.2, 0.25) is 0 Å². The van der Waals surface area contributed by atoms with E-state index in [0.717, 1.165) is 6.92 Å². The second-order valence-electron chi connectivity index (χ2n) is 4.73. The van der Waals surface area contributed by atoms with Gasteiger partial charge in [0.1, 0.15) is 6.10 Å². The summed E-state index contributed by atoms with van der Waals surface area (Å²) in [7, 11) is -9.00. The van der Waals surface area contributed by atoms with Crippen molar-refractivity contribution in [1.82, 2.24) is 0 Å². The molecule has 8 nitrogen and oxygen atoms in total. The molecule has 3 unspecified atom stereocenters. The van der Waals surface area contributed by atoms with Gasteiger partial charge in [0.2, 0.25) is 0 Å². The van der Waals surface area contributed by atoms with E-state index >= 15 is 0 Å². The van der Waals surface area contributed by atoms with Gasteiger partial charge in [0.15, 0.2) is 0 Å². The van der Waals surface area contributed by atoms with Gasteiger partial charge in [-0.2, -0.15) is 0 Å². The molecule has 0 amide bonds. The molecule has 0 fully saturated rings. The number of carbonyl (C=O) groups is 1. The van der Waals surface area contributed by atoms with Crippen LogP contribution in [0.3, 0.4) is 0 Å². The van der Waals surface area contributed by atoms with Crippen molar-refractivity contribution in [3.8, 4) is 0 Å². The summed E-state index contributed by atoms with van der Waals surface area (Å²) >= 11 is 0. The summed E-state index contributed by atoms with van der Waals surface area (Å²) in [6, 6.07) is 0. The van der Waals surface area contributed by atoms with Gasteiger partial charge in [-0.1, -0.05) is 13.5 Å². The van der Waals surface area contributed by atoms with Crippen LogP contribution < -0.4 is 0 Å². The fraction of sp³-hybridized carbons (Fsp3) is 0.700. The molecule has 0 saturated carbocycles. The molecule has 118 valence electrons. The number of esters is 1. The summed E-state index contributed by atoms with van der Waals surface area (Å²) < 4.78 is 27.2. The molecule has 10 heteroatoms. The highest BCUT2D eigenvalue weighted by molar-refractivity contribution is 7.53. The lowest BCUT2D eigenvalue weighted by Gasteiger charge is -2.27. The molecule has 0 aromatic heterocycles. The Balaban J connectivity index is 5.18. The molecule has 0 aliphatic carbocycles. The van der Waals surface area contributed by atoms with Crippen molar-refractivity contribution in [2.75, 3.05) is 0 Å². The lowest BCUT2D eigenvalue weighted by molar-refractivity contribution is -0.144. The van der Waals surface area contributed by atoms with Crippen LogP contribution in [0, 0.1) is 0 Å². The molecule has 3 atom stereocenters. The van der Waals surface area contributed by atoms with E-state index in [1.165, 1.54) is 13.8 Å². The van der Waals surface area contributed by atoms with Crippen molar-refractivity contribution in [3.63, 3.8) is 0 Å². The van der Waals surface area contributed by atoms with Crippen molar-refractivity contribution in [2.45, 2.75) is 44.6 Å². The largest absolute Gasteiger partial charge is 0.458 e. The maximum Gasteiger partial charge on any atom is 0.333 e. The molecule has 0 aliphatic rings. The molecule has 0 heterocycles. The first kappa shape index (κ1) is 19.5. The van der Waals surface area contributed by atoms with Crippen LogP contribution in [0.25, 0.3) is 0 Å². The Kier molecular flexibility index (Phi) is 6.81. The van der Waals surface area contributed by atoms with Crippen LogP contribution >= 0.6 is 15.2 Å². The van der Waals surface area contributed by atoms with Crippen LogP contribution in [0.4, 0.5) is 0 Å². The van der Waals surface area contributed by atoms with Crippen molar-refractivity contribution in [2.24, 2.45) is 0 Å². The van der Waals surface area contributed by atoms with Gasteiger partial charge in [0, 0.05) is 5.57 Å². The molecule has 0 aromatic carbocycles. The first-order chi connectivity index (χ1) is 8.76. The van der Waals surface area contributed by atoms with Crippen LogP contribution in [0.5, 0.6) is 0 Å². The topological polar surface area (TPSA) is 141 Å². The second-order valence-corrected chi connectivity index (χ2v) is 8.78. The maximum absolute atomic E-state index is 11.4. The summed E-state index contributed by atoms with van der Waals surface area (Å²) in [5.74, 6) is -0.867. The quantitative estimate of drug-likeness (QED) is 0.308. The van der Waals surface area contributed by atoms with E-state index in [9.17, 15) is 13.9 Å². The third kappa shape index (κ3) is 6.31. The van der Waals surface area contributed by atoms with E-state index in [1.54, 1.807) is 0 Å². The molecule has 0 bridgehead atoms. The minimum atomic E-state index is -4.57. The average molecular weight is 330 g/mol. The van der Waals surface area contributed by atoms with Gasteiger partial charge < -0.3 is 24.3 Å². The van der Waals surface area contributed by atoms with E-state index < -0.39 is 38.6 Å². The maximum atomic E-state index is 11.4. The second kappa shape index (κ2) is 6.98. The lowest BCUT2D eigenvalue weighted by Crippen LogP contribution is -2.32. The fourth-order valence-electron chi connectivity index (χ4n) is 1.27. The van der Waals surface area contributed by atoms with Crippen molar-refractivity contribution in [3.05, 3.63) is 12.2 Å². The fourth-order valence-corrected chi connectivity index (χ4v) is 2.37. The van der Waals surface area contributed by atoms with Crippen molar-refractivity contribution < 1.29 is 38.2 Å². The van der Waals surface area contributed by atoms with Gasteiger partial charge in [-0.05, 0) is 20.3 Å². The Bertz CT molecular complexity index is 462. The Morgan fingerprint density at radius 2 is 1.60 bits per heavy atom. The first-order valence-corrected chi connectivity index (χ1v) is 9.10. The van der Waals surface area contributed by atoms with Crippen molar-refractivity contribution in [1.29, 1.82) is 0 Å². The zero-order valence-electron chi connectivity index (χ0n) is 11.5. The van der Waals surface area contributed by atoms with Gasteiger partial charge in [0.05, 0.1) is 11.3 Å². The van der Waals surface area contributed by atoms with Gasteiger partial charge in [0.25, 0.3) is 0 Å². The molecular formula is C10H20O8P2. The molecule has 20 heavy (non-hydrogen) atoms. The Hall–Kier alpha value is -0.490. The smallest absolute Gasteiger partial charge is 0.333 e. The third-order valence-corrected chi connectivity index (χ3v) is 5.58. The normalized spacial score (nSPS) is 17.1. The Morgan fingerprint density at radius 1 is 1.15 bits per heavy atom. The zero-order valence-corrected chi connectivity index (χ0v) is 13.3. The minimum Gasteiger partial charge on any atom is -0.458 e. The average Bonchev–Trinajstić information content (AvgIpc) is 2.23. The van der Waals surface area contributed by atoms with E-state index in [1.807, 2.05) is 0 Å². The lowest BCUT2D eigenvalue weighted by atomic mass is 10.1. The molecule has 0 rings (SSSR count). The number of ether oxygens (including phenoxy) is 1. The Morgan fingerprint density at radius 3 is 1.90 bits per heavy atom. The monoisotopic (exact) mass is 330 g/mol. The molecule has 4 N–H and O–H groups in total. The standard InChI is InChI=1S/C10H20O8P2/c1-6(2)10(11)18-9(8(4)20(15,16)17)5-7(3)19(12,13)14/h7-9H,1,5H2,2-4H3,(H2,12,13,14)(H2,15,16,17). The number of hydrogen-bond donors (Lipinski definition) is 4. The Labute approximate surface area is 117 Å². The number of rotatable bonds is 7. The summed E-state index contributed by atoms with van der Waals surface area (Å²) in [4.78, 5) is 47.7. The molecule has 0 aromatic rings. The van der Waals surface area contributed by atoms with Gasteiger partial charge >= 0.3 is 21.2 Å². The molecule has 0 saturated heterocycles. The number of carbonyl (C=O) groups excluding carboxylic acids is 1. The first-order valence-electron chi connectivity index (χ1n) is 5.73. The van der Waals surface area contributed by atoms with Crippen LogP contribution in [0.15, 0.2) is 12.2 Å². The summed E-state index contributed by atoms with van der Waals surface area (Å²) in [6.07, 6.45) is -1.68. The van der Waals surface area contributed by atoms with Gasteiger partial charge in [-0.25, -0.2) is 4.79 Å². The van der Waals surface area contributed by atoms with E-state index in [2.05, 4.69) is 6.58 Å². The minimum absolute atomic E-state index is 0.0248. The zero-order chi connectivity index (χ0) is 16.3. The SMILES string of the molecule is C=C(C)C(=O)OC(CC(C)P(=O)(O)O)C(C)P(=O)(O)O. The van der Waals surface area contributed by atoms with E-state index in [4.69, 9.17) is 24.3 Å². The van der Waals surface area contributed by atoms with Crippen LogP contribution in [-0.4, -0.2) is 43.0 Å². The van der Waals surface area contributed by atoms with Gasteiger partial charge in [-0.3, -0.25) is 9.13 Å². The highest BCUT2D eigenvalue weighted by Gasteiger charge is 2.38. The predicted octanol–water partition coefficient (Wildman–Crippen LogP) is 0.997. The third-order valence-electron chi connectivity index (χ3n) is 2.82. The number of hydrogen-bond acceptors (Lipinski definition) is 4. The van der Waals surface area contributed by atoms with Crippen LogP contribution in [-0.2, 0) is 18.7 Å². The highest BCUT2D eigenvalue weighted by Crippen LogP contribution is 2.48. The molecular weight excluding hydrogens is 310 g/mol. The highest BCUT2D eigenvalue weighted by atomic mass is 31.2. The molecule has 0 radical (unpaired) electrons.